The van der Waals surface area contributed by atoms with E-state index in [1.807, 2.05) is 0 Å². The van der Waals surface area contributed by atoms with Crippen LogP contribution >= 0.6 is 0 Å². The smallest absolute Gasteiger partial charge is 0.379 e. The average molecular weight is 290 g/mol. The maximum atomic E-state index is 11.8. The lowest BCUT2D eigenvalue weighted by Crippen LogP contribution is -2.57. The van der Waals surface area contributed by atoms with Crippen LogP contribution in [0.2, 0.25) is 0 Å². The molecule has 0 aliphatic carbocycles. The molecule has 1 saturated heterocycles. The Bertz CT molecular complexity index is 437. The molecule has 1 unspecified atom stereocenters. The van der Waals surface area contributed by atoms with Crippen molar-refractivity contribution < 1.29 is 38.8 Å². The first kappa shape index (κ1) is 16.4. The van der Waals surface area contributed by atoms with E-state index in [1.54, 1.807) is 20.8 Å². The summed E-state index contributed by atoms with van der Waals surface area (Å²) >= 11 is 0. The van der Waals surface area contributed by atoms with Crippen LogP contribution in [0.25, 0.3) is 0 Å². The zero-order chi connectivity index (χ0) is 15.8. The van der Waals surface area contributed by atoms with Crippen LogP contribution in [-0.2, 0) is 28.6 Å². The molecule has 2 N–H and O–H groups in total. The van der Waals surface area contributed by atoms with Gasteiger partial charge in [0.2, 0.25) is 0 Å². The molecule has 0 radical (unpaired) electrons. The Morgan fingerprint density at radius 1 is 1.20 bits per heavy atom. The minimum Gasteiger partial charge on any atom is -0.479 e. The maximum Gasteiger partial charge on any atom is 0.379 e. The van der Waals surface area contributed by atoms with Crippen molar-refractivity contribution in [2.24, 2.45) is 5.41 Å². The molecule has 0 amide bonds. The van der Waals surface area contributed by atoms with Gasteiger partial charge >= 0.3 is 23.7 Å². The fraction of sp³-hybridized carbons (Fsp3) is 0.750. The number of hydrogen-bond donors (Lipinski definition) is 2. The molecule has 0 aromatic carbocycles. The number of aliphatic carboxylic acids is 2. The molecule has 114 valence electrons. The van der Waals surface area contributed by atoms with E-state index in [-0.39, 0.29) is 6.61 Å². The van der Waals surface area contributed by atoms with Crippen molar-refractivity contribution in [1.29, 1.82) is 0 Å². The predicted molar refractivity (Wildman–Crippen MR) is 63.9 cm³/mol. The second-order valence-electron chi connectivity index (χ2n) is 5.42. The van der Waals surface area contributed by atoms with Gasteiger partial charge in [-0.1, -0.05) is 20.8 Å². The summed E-state index contributed by atoms with van der Waals surface area (Å²) in [6, 6.07) is 0. The monoisotopic (exact) mass is 290 g/mol. The van der Waals surface area contributed by atoms with E-state index in [1.165, 1.54) is 6.92 Å². The SMILES string of the molecule is CCOC(=O)C1(C(=O)O)OC[C@@](C(=O)O)(C(C)(C)C)O1. The van der Waals surface area contributed by atoms with Gasteiger partial charge in [0, 0.05) is 5.41 Å². The lowest BCUT2D eigenvalue weighted by molar-refractivity contribution is -0.235. The molecule has 1 aliphatic rings. The molecule has 0 spiro atoms. The van der Waals surface area contributed by atoms with Crippen molar-refractivity contribution in [3.8, 4) is 0 Å². The van der Waals surface area contributed by atoms with E-state index < -0.39 is 41.3 Å². The molecule has 1 aliphatic heterocycles. The quantitative estimate of drug-likeness (QED) is 0.558. The minimum absolute atomic E-state index is 0.0871. The number of hydrogen-bond acceptors (Lipinski definition) is 6. The van der Waals surface area contributed by atoms with Crippen LogP contribution < -0.4 is 0 Å². The third-order valence-corrected chi connectivity index (χ3v) is 3.18. The normalized spacial score (nSPS) is 30.0. The molecular weight excluding hydrogens is 272 g/mol. The Balaban J connectivity index is 3.27. The van der Waals surface area contributed by atoms with Crippen molar-refractivity contribution >= 4 is 17.9 Å². The molecule has 20 heavy (non-hydrogen) atoms. The first-order chi connectivity index (χ1) is 9.03. The summed E-state index contributed by atoms with van der Waals surface area (Å²) in [5.74, 6) is -7.18. The molecule has 0 bridgehead atoms. The summed E-state index contributed by atoms with van der Waals surface area (Å²) in [5, 5.41) is 18.6. The Morgan fingerprint density at radius 3 is 2.05 bits per heavy atom. The van der Waals surface area contributed by atoms with Crippen molar-refractivity contribution in [3.05, 3.63) is 0 Å². The number of carboxylic acid groups (broad SMARTS) is 2. The first-order valence-corrected chi connectivity index (χ1v) is 6.01. The summed E-state index contributed by atoms with van der Waals surface area (Å²) in [5.41, 5.74) is -2.96. The maximum absolute atomic E-state index is 11.8. The molecule has 1 rings (SSSR count). The van der Waals surface area contributed by atoms with Gasteiger partial charge in [0.15, 0.2) is 5.60 Å². The molecule has 1 fully saturated rings. The van der Waals surface area contributed by atoms with Gasteiger partial charge in [0.25, 0.3) is 0 Å². The number of rotatable bonds is 4. The van der Waals surface area contributed by atoms with Gasteiger partial charge in [-0.05, 0) is 6.92 Å². The number of carbonyl (C=O) groups is 3. The molecular formula is C12H18O8. The summed E-state index contributed by atoms with van der Waals surface area (Å²) in [6.45, 7) is 5.47. The second kappa shape index (κ2) is 5.02. The lowest BCUT2D eigenvalue weighted by Gasteiger charge is -2.36. The summed E-state index contributed by atoms with van der Waals surface area (Å²) in [4.78, 5) is 34.6. The van der Waals surface area contributed by atoms with Crippen molar-refractivity contribution in [3.63, 3.8) is 0 Å². The summed E-state index contributed by atoms with van der Waals surface area (Å²) < 4.78 is 14.7. The van der Waals surface area contributed by atoms with Crippen LogP contribution in [0.5, 0.6) is 0 Å². The Kier molecular flexibility index (Phi) is 4.12. The van der Waals surface area contributed by atoms with Crippen molar-refractivity contribution in [2.45, 2.75) is 39.1 Å². The standard InChI is InChI=1S/C12H18O8/c1-5-18-9(17)12(8(15)16)19-6-11(20-12,7(13)14)10(2,3)4/h5-6H2,1-4H3,(H,13,14)(H,15,16)/t11-,12?/m1/s1. The van der Waals surface area contributed by atoms with E-state index in [4.69, 9.17) is 9.47 Å². The van der Waals surface area contributed by atoms with Gasteiger partial charge in [-0.15, -0.1) is 0 Å². The summed E-state index contributed by atoms with van der Waals surface area (Å²) in [6.07, 6.45) is 0. The minimum atomic E-state index is -2.75. The average Bonchev–Trinajstić information content (AvgIpc) is 2.71. The Hall–Kier alpha value is -1.67. The van der Waals surface area contributed by atoms with Gasteiger partial charge in [-0.2, -0.15) is 0 Å². The fourth-order valence-corrected chi connectivity index (χ4v) is 1.82. The predicted octanol–water partition coefficient (Wildman–Crippen LogP) is 0.247. The second-order valence-corrected chi connectivity index (χ2v) is 5.42. The van der Waals surface area contributed by atoms with Crippen LogP contribution in [0.15, 0.2) is 0 Å². The van der Waals surface area contributed by atoms with Crippen LogP contribution in [0.4, 0.5) is 0 Å². The summed E-state index contributed by atoms with van der Waals surface area (Å²) in [7, 11) is 0. The topological polar surface area (TPSA) is 119 Å². The molecule has 0 saturated carbocycles. The van der Waals surface area contributed by atoms with Gasteiger partial charge in [-0.3, -0.25) is 0 Å². The largest absolute Gasteiger partial charge is 0.479 e. The van der Waals surface area contributed by atoms with Crippen LogP contribution in [0.1, 0.15) is 27.7 Å². The Labute approximate surface area is 115 Å². The van der Waals surface area contributed by atoms with Crippen LogP contribution in [0.3, 0.4) is 0 Å². The fourth-order valence-electron chi connectivity index (χ4n) is 1.82. The van der Waals surface area contributed by atoms with Gasteiger partial charge in [-0.25, -0.2) is 14.4 Å². The lowest BCUT2D eigenvalue weighted by atomic mass is 9.77. The molecule has 8 nitrogen and oxygen atoms in total. The van der Waals surface area contributed by atoms with Gasteiger partial charge in [0.05, 0.1) is 13.2 Å². The highest BCUT2D eigenvalue weighted by atomic mass is 16.8. The molecule has 1 heterocycles. The zero-order valence-electron chi connectivity index (χ0n) is 11.8. The van der Waals surface area contributed by atoms with Gasteiger partial charge in [0.1, 0.15) is 0 Å². The number of carboxylic acids is 2. The van der Waals surface area contributed by atoms with E-state index in [0.717, 1.165) is 0 Å². The number of ether oxygens (including phenoxy) is 3. The highest BCUT2D eigenvalue weighted by molar-refractivity contribution is 6.02. The van der Waals surface area contributed by atoms with Crippen molar-refractivity contribution in [2.75, 3.05) is 13.2 Å². The van der Waals surface area contributed by atoms with E-state index in [0.29, 0.717) is 0 Å². The van der Waals surface area contributed by atoms with E-state index in [9.17, 15) is 24.6 Å². The third kappa shape index (κ3) is 2.25. The molecule has 0 aromatic heterocycles. The van der Waals surface area contributed by atoms with Gasteiger partial charge < -0.3 is 24.4 Å². The number of carbonyl (C=O) groups excluding carboxylic acids is 1. The molecule has 0 aromatic rings. The molecule has 8 heteroatoms. The third-order valence-electron chi connectivity index (χ3n) is 3.18. The Morgan fingerprint density at radius 2 is 1.75 bits per heavy atom. The van der Waals surface area contributed by atoms with Crippen molar-refractivity contribution in [1.82, 2.24) is 0 Å². The molecule has 2 atom stereocenters. The zero-order valence-corrected chi connectivity index (χ0v) is 11.8. The first-order valence-electron chi connectivity index (χ1n) is 6.01. The number of esters is 1. The highest BCUT2D eigenvalue weighted by Crippen LogP contribution is 2.44. The van der Waals surface area contributed by atoms with Crippen LogP contribution in [0, 0.1) is 5.41 Å². The van der Waals surface area contributed by atoms with E-state index >= 15 is 0 Å². The highest BCUT2D eigenvalue weighted by Gasteiger charge is 2.68. The van der Waals surface area contributed by atoms with Crippen LogP contribution in [-0.4, -0.2) is 52.7 Å². The van der Waals surface area contributed by atoms with E-state index in [2.05, 4.69) is 4.74 Å².